The Labute approximate surface area is 94.9 Å². The van der Waals surface area contributed by atoms with Crippen LogP contribution in [0.1, 0.15) is 19.2 Å². The fraction of sp³-hybridized carbons (Fsp3) is 0.700. The lowest BCUT2D eigenvalue weighted by molar-refractivity contribution is 0.134. The van der Waals surface area contributed by atoms with E-state index < -0.39 is 0 Å². The monoisotopic (exact) mass is 227 g/mol. The summed E-state index contributed by atoms with van der Waals surface area (Å²) in [7, 11) is 0. The molecule has 0 aliphatic heterocycles. The van der Waals surface area contributed by atoms with Gasteiger partial charge in [-0.05, 0) is 12.7 Å². The lowest BCUT2D eigenvalue weighted by Crippen LogP contribution is -2.07. The van der Waals surface area contributed by atoms with E-state index in [0.717, 1.165) is 25.3 Å². The third-order valence-electron chi connectivity index (χ3n) is 2.09. The standard InChI is InChI=1S/C10H17N3OS/c1-9(15-2)3-5-14-6-4-10-12-7-11-8-13-10/h7-9H,3-6H2,1-2H3. The van der Waals surface area contributed by atoms with Crippen LogP contribution in [0.3, 0.4) is 0 Å². The predicted molar refractivity (Wildman–Crippen MR) is 61.9 cm³/mol. The Balaban J connectivity index is 2.03. The van der Waals surface area contributed by atoms with Gasteiger partial charge in [0.2, 0.25) is 0 Å². The summed E-state index contributed by atoms with van der Waals surface area (Å²) in [6, 6.07) is 0. The van der Waals surface area contributed by atoms with Gasteiger partial charge in [-0.15, -0.1) is 0 Å². The molecule has 0 aliphatic carbocycles. The average Bonchev–Trinajstić information content (AvgIpc) is 2.29. The largest absolute Gasteiger partial charge is 0.381 e. The Morgan fingerprint density at radius 1 is 1.33 bits per heavy atom. The molecule has 5 heteroatoms. The fourth-order valence-electron chi connectivity index (χ4n) is 1.02. The summed E-state index contributed by atoms with van der Waals surface area (Å²) < 4.78 is 5.50. The maximum atomic E-state index is 5.50. The van der Waals surface area contributed by atoms with Crippen molar-refractivity contribution in [3.8, 4) is 0 Å². The van der Waals surface area contributed by atoms with Crippen LogP contribution < -0.4 is 0 Å². The van der Waals surface area contributed by atoms with E-state index in [4.69, 9.17) is 4.74 Å². The molecule has 84 valence electrons. The van der Waals surface area contributed by atoms with Gasteiger partial charge < -0.3 is 4.74 Å². The first-order chi connectivity index (χ1) is 7.33. The Morgan fingerprint density at radius 2 is 2.07 bits per heavy atom. The van der Waals surface area contributed by atoms with Crippen molar-refractivity contribution in [1.29, 1.82) is 0 Å². The van der Waals surface area contributed by atoms with E-state index in [-0.39, 0.29) is 0 Å². The first kappa shape index (κ1) is 12.4. The zero-order valence-electron chi connectivity index (χ0n) is 9.22. The Morgan fingerprint density at radius 3 is 2.73 bits per heavy atom. The zero-order valence-corrected chi connectivity index (χ0v) is 10.0. The second kappa shape index (κ2) is 7.59. The predicted octanol–water partition coefficient (Wildman–Crippen LogP) is 1.57. The van der Waals surface area contributed by atoms with Gasteiger partial charge in [-0.1, -0.05) is 6.92 Å². The van der Waals surface area contributed by atoms with Crippen molar-refractivity contribution in [2.75, 3.05) is 19.5 Å². The summed E-state index contributed by atoms with van der Waals surface area (Å²) in [6.45, 7) is 3.71. The second-order valence-electron chi connectivity index (χ2n) is 3.25. The number of thioether (sulfide) groups is 1. The van der Waals surface area contributed by atoms with E-state index in [1.165, 1.54) is 12.7 Å². The number of ether oxygens (including phenoxy) is 1. The van der Waals surface area contributed by atoms with Crippen LogP contribution in [0, 0.1) is 0 Å². The summed E-state index contributed by atoms with van der Waals surface area (Å²) in [6.07, 6.45) is 7.00. The molecule has 15 heavy (non-hydrogen) atoms. The highest BCUT2D eigenvalue weighted by molar-refractivity contribution is 7.99. The first-order valence-electron chi connectivity index (χ1n) is 5.04. The molecule has 0 spiro atoms. The van der Waals surface area contributed by atoms with Crippen LogP contribution >= 0.6 is 11.8 Å². The summed E-state index contributed by atoms with van der Waals surface area (Å²) in [5.41, 5.74) is 0. The molecule has 0 aliphatic rings. The lowest BCUT2D eigenvalue weighted by atomic mass is 10.3. The number of aromatic nitrogens is 3. The molecule has 0 radical (unpaired) electrons. The van der Waals surface area contributed by atoms with Crippen molar-refractivity contribution in [2.45, 2.75) is 25.0 Å². The topological polar surface area (TPSA) is 47.9 Å². The molecular weight excluding hydrogens is 210 g/mol. The van der Waals surface area contributed by atoms with Gasteiger partial charge in [0.15, 0.2) is 0 Å². The average molecular weight is 227 g/mol. The van der Waals surface area contributed by atoms with Crippen molar-refractivity contribution in [2.24, 2.45) is 0 Å². The van der Waals surface area contributed by atoms with Crippen molar-refractivity contribution in [1.82, 2.24) is 15.0 Å². The van der Waals surface area contributed by atoms with Gasteiger partial charge >= 0.3 is 0 Å². The third kappa shape index (κ3) is 5.69. The lowest BCUT2D eigenvalue weighted by Gasteiger charge is -2.07. The number of rotatable bonds is 7. The summed E-state index contributed by atoms with van der Waals surface area (Å²) in [5.74, 6) is 0.794. The van der Waals surface area contributed by atoms with Crippen LogP contribution in [0.5, 0.6) is 0 Å². The van der Waals surface area contributed by atoms with E-state index in [9.17, 15) is 0 Å². The zero-order chi connectivity index (χ0) is 10.9. The van der Waals surface area contributed by atoms with Gasteiger partial charge in [-0.25, -0.2) is 15.0 Å². The van der Waals surface area contributed by atoms with E-state index >= 15 is 0 Å². The van der Waals surface area contributed by atoms with Gasteiger partial charge in [0.1, 0.15) is 18.5 Å². The molecule has 0 fully saturated rings. The van der Waals surface area contributed by atoms with Crippen LogP contribution in [-0.2, 0) is 11.2 Å². The second-order valence-corrected chi connectivity index (χ2v) is 4.53. The van der Waals surface area contributed by atoms with E-state index in [0.29, 0.717) is 11.9 Å². The van der Waals surface area contributed by atoms with E-state index in [1.807, 2.05) is 11.8 Å². The maximum absolute atomic E-state index is 5.50. The van der Waals surface area contributed by atoms with Crippen LogP contribution in [0.4, 0.5) is 0 Å². The first-order valence-corrected chi connectivity index (χ1v) is 6.33. The summed E-state index contributed by atoms with van der Waals surface area (Å²) >= 11 is 1.87. The quantitative estimate of drug-likeness (QED) is 0.662. The molecule has 0 bridgehead atoms. The number of nitrogens with zero attached hydrogens (tertiary/aromatic N) is 3. The SMILES string of the molecule is CSC(C)CCOCCc1ncncn1. The van der Waals surface area contributed by atoms with Crippen LogP contribution in [0.2, 0.25) is 0 Å². The Kier molecular flexibility index (Phi) is 6.27. The summed E-state index contributed by atoms with van der Waals surface area (Å²) in [5, 5.41) is 0.669. The van der Waals surface area contributed by atoms with Gasteiger partial charge in [0, 0.05) is 18.3 Å². The van der Waals surface area contributed by atoms with Crippen molar-refractivity contribution < 1.29 is 4.74 Å². The summed E-state index contributed by atoms with van der Waals surface area (Å²) in [4.78, 5) is 11.8. The minimum atomic E-state index is 0.669. The smallest absolute Gasteiger partial charge is 0.134 e. The molecule has 0 saturated heterocycles. The number of hydrogen-bond acceptors (Lipinski definition) is 5. The highest BCUT2D eigenvalue weighted by atomic mass is 32.2. The Hall–Kier alpha value is -0.680. The molecule has 1 aromatic heterocycles. The van der Waals surface area contributed by atoms with Gasteiger partial charge in [-0.3, -0.25) is 0 Å². The molecule has 1 unspecified atom stereocenters. The minimum absolute atomic E-state index is 0.669. The van der Waals surface area contributed by atoms with Gasteiger partial charge in [0.05, 0.1) is 6.61 Å². The third-order valence-corrected chi connectivity index (χ3v) is 3.13. The highest BCUT2D eigenvalue weighted by Gasteiger charge is 1.99. The Bertz CT molecular complexity index is 258. The van der Waals surface area contributed by atoms with Gasteiger partial charge in [0.25, 0.3) is 0 Å². The molecule has 0 N–H and O–H groups in total. The van der Waals surface area contributed by atoms with Crippen LogP contribution in [0.15, 0.2) is 12.7 Å². The van der Waals surface area contributed by atoms with Crippen molar-refractivity contribution in [3.05, 3.63) is 18.5 Å². The molecule has 0 amide bonds. The molecule has 1 aromatic rings. The number of hydrogen-bond donors (Lipinski definition) is 0. The molecule has 0 saturated carbocycles. The molecule has 1 atom stereocenters. The van der Waals surface area contributed by atoms with Gasteiger partial charge in [-0.2, -0.15) is 11.8 Å². The maximum Gasteiger partial charge on any atom is 0.134 e. The minimum Gasteiger partial charge on any atom is -0.381 e. The van der Waals surface area contributed by atoms with E-state index in [2.05, 4.69) is 28.1 Å². The molecule has 4 nitrogen and oxygen atoms in total. The van der Waals surface area contributed by atoms with Crippen molar-refractivity contribution >= 4 is 11.8 Å². The molecule has 1 rings (SSSR count). The van der Waals surface area contributed by atoms with Crippen molar-refractivity contribution in [3.63, 3.8) is 0 Å². The fourth-order valence-corrected chi connectivity index (χ4v) is 1.36. The van der Waals surface area contributed by atoms with E-state index in [1.54, 1.807) is 0 Å². The van der Waals surface area contributed by atoms with Crippen LogP contribution in [0.25, 0.3) is 0 Å². The highest BCUT2D eigenvalue weighted by Crippen LogP contribution is 2.08. The normalized spacial score (nSPS) is 12.7. The van der Waals surface area contributed by atoms with Crippen LogP contribution in [-0.4, -0.2) is 39.7 Å². The molecular formula is C10H17N3OS. The molecule has 0 aromatic carbocycles. The molecule has 1 heterocycles.